The molecule has 0 bridgehead atoms. The summed E-state index contributed by atoms with van der Waals surface area (Å²) in [6.07, 6.45) is 0. The molecule has 0 radical (unpaired) electrons. The summed E-state index contributed by atoms with van der Waals surface area (Å²) in [7, 11) is 1.63. The van der Waals surface area contributed by atoms with Gasteiger partial charge in [0.1, 0.15) is 17.1 Å². The van der Waals surface area contributed by atoms with Crippen LogP contribution in [-0.4, -0.2) is 13.8 Å². The molecule has 1 aliphatic heterocycles. The van der Waals surface area contributed by atoms with Crippen LogP contribution in [-0.2, 0) is 6.54 Å². The van der Waals surface area contributed by atoms with Gasteiger partial charge in [-0.05, 0) is 43.3 Å². The highest BCUT2D eigenvalue weighted by Gasteiger charge is 2.24. The smallest absolute Gasteiger partial charge is 0.345 e. The summed E-state index contributed by atoms with van der Waals surface area (Å²) in [5.41, 5.74) is 2.82. The van der Waals surface area contributed by atoms with Crippen molar-refractivity contribution in [3.05, 3.63) is 64.0 Å². The number of ether oxygens (including phenoxy) is 2. The number of hydrogen-bond donors (Lipinski definition) is 0. The molecule has 2 aromatic carbocycles. The monoisotopic (exact) mass is 323 g/mol. The molecule has 5 nitrogen and oxygen atoms in total. The fourth-order valence-corrected chi connectivity index (χ4v) is 2.97. The zero-order chi connectivity index (χ0) is 16.7. The van der Waals surface area contributed by atoms with Crippen LogP contribution in [0, 0.1) is 6.92 Å². The van der Waals surface area contributed by atoms with E-state index in [1.165, 1.54) is 0 Å². The van der Waals surface area contributed by atoms with E-state index in [4.69, 9.17) is 13.9 Å². The molecule has 2 heterocycles. The number of aryl methyl sites for hydroxylation is 1. The fourth-order valence-electron chi connectivity index (χ4n) is 2.97. The van der Waals surface area contributed by atoms with Gasteiger partial charge in [0.15, 0.2) is 6.73 Å². The first-order chi connectivity index (χ1) is 11.7. The maximum absolute atomic E-state index is 12.3. The summed E-state index contributed by atoms with van der Waals surface area (Å²) in [6, 6.07) is 13.4. The van der Waals surface area contributed by atoms with Crippen LogP contribution in [0.1, 0.15) is 11.1 Å². The molecule has 0 saturated heterocycles. The van der Waals surface area contributed by atoms with Crippen molar-refractivity contribution >= 4 is 16.7 Å². The van der Waals surface area contributed by atoms with Crippen LogP contribution in [0.3, 0.4) is 0 Å². The molecule has 0 atom stereocenters. The Morgan fingerprint density at radius 2 is 1.92 bits per heavy atom. The van der Waals surface area contributed by atoms with Crippen LogP contribution in [0.25, 0.3) is 11.0 Å². The summed E-state index contributed by atoms with van der Waals surface area (Å²) in [5, 5.41) is 0.846. The van der Waals surface area contributed by atoms with Crippen molar-refractivity contribution in [3.8, 4) is 11.5 Å². The van der Waals surface area contributed by atoms with E-state index in [1.54, 1.807) is 7.11 Å². The number of anilines is 1. The Morgan fingerprint density at radius 3 is 2.67 bits per heavy atom. The molecular weight excluding hydrogens is 306 g/mol. The van der Waals surface area contributed by atoms with Crippen LogP contribution >= 0.6 is 0 Å². The topological polar surface area (TPSA) is 51.9 Å². The quantitative estimate of drug-likeness (QED) is 0.676. The van der Waals surface area contributed by atoms with Crippen molar-refractivity contribution in [2.24, 2.45) is 0 Å². The molecule has 122 valence electrons. The minimum atomic E-state index is -0.348. The second kappa shape index (κ2) is 5.60. The number of nitrogens with zero attached hydrogens (tertiary/aromatic N) is 1. The standard InChI is InChI=1S/C19H17NO4/c1-12-3-8-17-15(9-12)18-16(19(21)24-17)10-20(11-23-18)13-4-6-14(22-2)7-5-13/h3-9H,10-11H2,1-2H3. The molecule has 0 spiro atoms. The second-order valence-electron chi connectivity index (χ2n) is 5.87. The first-order valence-corrected chi connectivity index (χ1v) is 7.74. The lowest BCUT2D eigenvalue weighted by Crippen LogP contribution is -2.34. The summed E-state index contributed by atoms with van der Waals surface area (Å²) < 4.78 is 16.6. The Balaban J connectivity index is 1.75. The van der Waals surface area contributed by atoms with Gasteiger partial charge in [-0.1, -0.05) is 11.6 Å². The van der Waals surface area contributed by atoms with Crippen molar-refractivity contribution in [3.63, 3.8) is 0 Å². The van der Waals surface area contributed by atoms with Gasteiger partial charge >= 0.3 is 5.63 Å². The van der Waals surface area contributed by atoms with Gasteiger partial charge in [-0.2, -0.15) is 0 Å². The third-order valence-electron chi connectivity index (χ3n) is 4.25. The van der Waals surface area contributed by atoms with E-state index in [-0.39, 0.29) is 5.63 Å². The molecule has 3 aromatic rings. The van der Waals surface area contributed by atoms with Gasteiger partial charge < -0.3 is 18.8 Å². The predicted molar refractivity (Wildman–Crippen MR) is 91.9 cm³/mol. The van der Waals surface area contributed by atoms with E-state index in [1.807, 2.05) is 54.3 Å². The van der Waals surface area contributed by atoms with Crippen LogP contribution < -0.4 is 20.0 Å². The molecule has 1 aliphatic rings. The molecule has 0 unspecified atom stereocenters. The lowest BCUT2D eigenvalue weighted by molar-refractivity contribution is 0.287. The lowest BCUT2D eigenvalue weighted by Gasteiger charge is -2.30. The van der Waals surface area contributed by atoms with E-state index in [0.29, 0.717) is 30.2 Å². The molecule has 4 rings (SSSR count). The van der Waals surface area contributed by atoms with E-state index >= 15 is 0 Å². The predicted octanol–water partition coefficient (Wildman–Crippen LogP) is 3.47. The highest BCUT2D eigenvalue weighted by Crippen LogP contribution is 2.33. The molecule has 0 fully saturated rings. The Kier molecular flexibility index (Phi) is 3.41. The van der Waals surface area contributed by atoms with Crippen molar-refractivity contribution in [2.75, 3.05) is 18.7 Å². The van der Waals surface area contributed by atoms with Gasteiger partial charge in [-0.25, -0.2) is 4.79 Å². The van der Waals surface area contributed by atoms with E-state index in [9.17, 15) is 4.79 Å². The largest absolute Gasteiger partial charge is 0.497 e. The maximum Gasteiger partial charge on any atom is 0.345 e. The van der Waals surface area contributed by atoms with Crippen molar-refractivity contribution in [2.45, 2.75) is 13.5 Å². The molecule has 0 aliphatic carbocycles. The van der Waals surface area contributed by atoms with Crippen molar-refractivity contribution < 1.29 is 13.9 Å². The van der Waals surface area contributed by atoms with Crippen LogP contribution in [0.15, 0.2) is 51.7 Å². The number of rotatable bonds is 2. The summed E-state index contributed by atoms with van der Waals surface area (Å²) >= 11 is 0. The highest BCUT2D eigenvalue weighted by molar-refractivity contribution is 5.85. The van der Waals surface area contributed by atoms with Gasteiger partial charge in [0.05, 0.1) is 24.6 Å². The van der Waals surface area contributed by atoms with Gasteiger partial charge in [0.25, 0.3) is 0 Å². The second-order valence-corrected chi connectivity index (χ2v) is 5.87. The Morgan fingerprint density at radius 1 is 1.12 bits per heavy atom. The first kappa shape index (κ1) is 14.6. The first-order valence-electron chi connectivity index (χ1n) is 7.74. The lowest BCUT2D eigenvalue weighted by atomic mass is 10.1. The van der Waals surface area contributed by atoms with E-state index in [2.05, 4.69) is 0 Å². The molecule has 1 aromatic heterocycles. The normalized spacial score (nSPS) is 13.5. The van der Waals surface area contributed by atoms with Gasteiger partial charge in [0, 0.05) is 5.69 Å². The SMILES string of the molecule is COc1ccc(N2COc3c(c(=O)oc4ccc(C)cc34)C2)cc1. The third-order valence-corrected chi connectivity index (χ3v) is 4.25. The summed E-state index contributed by atoms with van der Waals surface area (Å²) in [6.45, 7) is 2.84. The molecule has 0 amide bonds. The van der Waals surface area contributed by atoms with Crippen LogP contribution in [0.2, 0.25) is 0 Å². The van der Waals surface area contributed by atoms with Gasteiger partial charge in [-0.15, -0.1) is 0 Å². The van der Waals surface area contributed by atoms with Gasteiger partial charge in [-0.3, -0.25) is 0 Å². The molecule has 5 heteroatoms. The minimum Gasteiger partial charge on any atom is -0.497 e. The highest BCUT2D eigenvalue weighted by atomic mass is 16.5. The molecule has 0 N–H and O–H groups in total. The van der Waals surface area contributed by atoms with Crippen molar-refractivity contribution in [1.29, 1.82) is 0 Å². The number of benzene rings is 2. The molecule has 24 heavy (non-hydrogen) atoms. The van der Waals surface area contributed by atoms with Crippen LogP contribution in [0.4, 0.5) is 5.69 Å². The van der Waals surface area contributed by atoms with E-state index < -0.39 is 0 Å². The van der Waals surface area contributed by atoms with Crippen molar-refractivity contribution in [1.82, 2.24) is 0 Å². The maximum atomic E-state index is 12.3. The van der Waals surface area contributed by atoms with Crippen LogP contribution in [0.5, 0.6) is 11.5 Å². The minimum absolute atomic E-state index is 0.348. The zero-order valence-electron chi connectivity index (χ0n) is 13.5. The number of hydrogen-bond acceptors (Lipinski definition) is 5. The number of fused-ring (bicyclic) bond motifs is 3. The molecular formula is C19H17NO4. The molecule has 0 saturated carbocycles. The summed E-state index contributed by atoms with van der Waals surface area (Å²) in [5.74, 6) is 1.42. The Bertz CT molecular complexity index is 960. The van der Waals surface area contributed by atoms with Gasteiger partial charge in [0.2, 0.25) is 0 Å². The summed E-state index contributed by atoms with van der Waals surface area (Å²) in [4.78, 5) is 14.3. The average Bonchev–Trinajstić information content (AvgIpc) is 2.62. The average molecular weight is 323 g/mol. The number of methoxy groups -OCH3 is 1. The Labute approximate surface area is 139 Å². The van der Waals surface area contributed by atoms with E-state index in [0.717, 1.165) is 22.4 Å². The fraction of sp³-hybridized carbons (Fsp3) is 0.211. The Hall–Kier alpha value is -2.95. The zero-order valence-corrected chi connectivity index (χ0v) is 13.5. The third kappa shape index (κ3) is 2.38.